The van der Waals surface area contributed by atoms with Crippen molar-refractivity contribution < 1.29 is 4.52 Å². The van der Waals surface area contributed by atoms with Crippen LogP contribution in [0.2, 0.25) is 5.02 Å². The monoisotopic (exact) mass is 289 g/mol. The summed E-state index contributed by atoms with van der Waals surface area (Å²) in [6.07, 6.45) is 3.92. The van der Waals surface area contributed by atoms with Crippen LogP contribution in [0.25, 0.3) is 11.4 Å². The number of rotatable bonds is 2. The molecule has 2 fully saturated rings. The fourth-order valence-electron chi connectivity index (χ4n) is 3.54. The third-order valence-electron chi connectivity index (χ3n) is 4.56. The Kier molecular flexibility index (Phi) is 3.00. The van der Waals surface area contributed by atoms with Crippen molar-refractivity contribution >= 4 is 11.6 Å². The summed E-state index contributed by atoms with van der Waals surface area (Å²) in [5.41, 5.74) is 0.936. The fraction of sp³-hybridized carbons (Fsp3) is 0.467. The van der Waals surface area contributed by atoms with Crippen molar-refractivity contribution in [1.29, 1.82) is 0 Å². The molecule has 3 unspecified atom stereocenters. The second kappa shape index (κ2) is 4.86. The maximum atomic E-state index is 5.89. The predicted molar refractivity (Wildman–Crippen MR) is 76.3 cm³/mol. The van der Waals surface area contributed by atoms with Gasteiger partial charge in [-0.2, -0.15) is 4.98 Å². The van der Waals surface area contributed by atoms with Crippen LogP contribution in [0.5, 0.6) is 0 Å². The lowest BCUT2D eigenvalue weighted by Gasteiger charge is -2.13. The Morgan fingerprint density at radius 3 is 2.90 bits per heavy atom. The van der Waals surface area contributed by atoms with Gasteiger partial charge in [0.1, 0.15) is 0 Å². The van der Waals surface area contributed by atoms with Gasteiger partial charge in [0.15, 0.2) is 0 Å². The Bertz CT molecular complexity index is 610. The van der Waals surface area contributed by atoms with Gasteiger partial charge in [-0.1, -0.05) is 23.2 Å². The van der Waals surface area contributed by atoms with Gasteiger partial charge in [0, 0.05) is 10.6 Å². The molecule has 2 aromatic rings. The van der Waals surface area contributed by atoms with Crippen LogP contribution in [0, 0.1) is 11.8 Å². The van der Waals surface area contributed by atoms with E-state index in [9.17, 15) is 0 Å². The molecule has 0 radical (unpaired) electrons. The van der Waals surface area contributed by atoms with Gasteiger partial charge in [-0.05, 0) is 55.5 Å². The Morgan fingerprint density at radius 2 is 2.05 bits per heavy atom. The zero-order valence-corrected chi connectivity index (χ0v) is 11.8. The van der Waals surface area contributed by atoms with Crippen molar-refractivity contribution in [3.63, 3.8) is 0 Å². The van der Waals surface area contributed by atoms with Crippen LogP contribution in [0.15, 0.2) is 28.8 Å². The molecule has 0 bridgehead atoms. The van der Waals surface area contributed by atoms with E-state index in [1.807, 2.05) is 24.3 Å². The molecule has 2 aliphatic rings. The molecule has 3 atom stereocenters. The minimum atomic E-state index is 0.232. The van der Waals surface area contributed by atoms with E-state index >= 15 is 0 Å². The fourth-order valence-corrected chi connectivity index (χ4v) is 3.66. The van der Waals surface area contributed by atoms with Gasteiger partial charge < -0.3 is 9.84 Å². The number of benzene rings is 1. The normalized spacial score (nSPS) is 28.8. The van der Waals surface area contributed by atoms with Gasteiger partial charge in [-0.25, -0.2) is 0 Å². The Balaban J connectivity index is 1.60. The molecule has 1 saturated heterocycles. The molecule has 4 nitrogen and oxygen atoms in total. The van der Waals surface area contributed by atoms with Crippen molar-refractivity contribution in [3.05, 3.63) is 35.2 Å². The van der Waals surface area contributed by atoms with Gasteiger partial charge in [-0.15, -0.1) is 0 Å². The Hall–Kier alpha value is -1.39. The first-order chi connectivity index (χ1) is 9.81. The second-order valence-electron chi connectivity index (χ2n) is 5.70. The van der Waals surface area contributed by atoms with Gasteiger partial charge in [-0.3, -0.25) is 0 Å². The summed E-state index contributed by atoms with van der Waals surface area (Å²) >= 11 is 5.89. The molecule has 1 N–H and O–H groups in total. The number of nitrogens with one attached hydrogen (secondary N) is 1. The van der Waals surface area contributed by atoms with Crippen LogP contribution in [0.1, 0.15) is 31.2 Å². The summed E-state index contributed by atoms with van der Waals surface area (Å²) in [5.74, 6) is 2.81. The third-order valence-corrected chi connectivity index (χ3v) is 4.81. The number of halogens is 1. The molecule has 1 aliphatic heterocycles. The first-order valence-electron chi connectivity index (χ1n) is 7.14. The summed E-state index contributed by atoms with van der Waals surface area (Å²) in [5, 5.41) is 8.35. The molecule has 2 heterocycles. The lowest BCUT2D eigenvalue weighted by atomic mass is 9.94. The molecule has 4 rings (SSSR count). The van der Waals surface area contributed by atoms with E-state index < -0.39 is 0 Å². The molecule has 1 aromatic carbocycles. The molecule has 5 heteroatoms. The lowest BCUT2D eigenvalue weighted by Crippen LogP contribution is -2.18. The number of hydrogen-bond donors (Lipinski definition) is 1. The molecule has 0 amide bonds. The van der Waals surface area contributed by atoms with E-state index in [0.717, 1.165) is 23.9 Å². The first-order valence-corrected chi connectivity index (χ1v) is 7.52. The maximum Gasteiger partial charge on any atom is 0.244 e. The highest BCUT2D eigenvalue weighted by Gasteiger charge is 2.42. The molecule has 1 aliphatic carbocycles. The van der Waals surface area contributed by atoms with Crippen LogP contribution in [-0.2, 0) is 0 Å². The molecular weight excluding hydrogens is 274 g/mol. The molecule has 20 heavy (non-hydrogen) atoms. The van der Waals surface area contributed by atoms with Crippen LogP contribution < -0.4 is 5.32 Å². The zero-order chi connectivity index (χ0) is 13.5. The maximum absolute atomic E-state index is 5.89. The average Bonchev–Trinajstić information content (AvgIpc) is 3.15. The number of aromatic nitrogens is 2. The van der Waals surface area contributed by atoms with Gasteiger partial charge in [0.2, 0.25) is 11.7 Å². The van der Waals surface area contributed by atoms with Crippen molar-refractivity contribution in [1.82, 2.24) is 15.5 Å². The van der Waals surface area contributed by atoms with Crippen LogP contribution >= 0.6 is 11.6 Å². The van der Waals surface area contributed by atoms with Gasteiger partial charge >= 0.3 is 0 Å². The molecule has 104 valence electrons. The van der Waals surface area contributed by atoms with Gasteiger partial charge in [0.25, 0.3) is 0 Å². The molecule has 1 aromatic heterocycles. The van der Waals surface area contributed by atoms with E-state index in [1.54, 1.807) is 0 Å². The number of nitrogens with zero attached hydrogens (tertiary/aromatic N) is 2. The molecule has 0 spiro atoms. The third kappa shape index (κ3) is 2.03. The van der Waals surface area contributed by atoms with Crippen molar-refractivity contribution in [2.24, 2.45) is 11.8 Å². The smallest absolute Gasteiger partial charge is 0.244 e. The minimum absolute atomic E-state index is 0.232. The van der Waals surface area contributed by atoms with E-state index in [1.165, 1.54) is 19.3 Å². The molecular formula is C15H16ClN3O. The Labute approximate surface area is 122 Å². The SMILES string of the molecule is Clc1ccc(-c2noc(C3NCC4CCCC43)n2)cc1. The number of fused-ring (bicyclic) bond motifs is 1. The quantitative estimate of drug-likeness (QED) is 0.920. The second-order valence-corrected chi connectivity index (χ2v) is 6.14. The number of hydrogen-bond acceptors (Lipinski definition) is 4. The summed E-state index contributed by atoms with van der Waals surface area (Å²) in [6.45, 7) is 1.08. The largest absolute Gasteiger partial charge is 0.337 e. The Morgan fingerprint density at radius 1 is 1.20 bits per heavy atom. The summed E-state index contributed by atoms with van der Waals surface area (Å²) in [7, 11) is 0. The van der Waals surface area contributed by atoms with Gasteiger partial charge in [0.05, 0.1) is 6.04 Å². The summed E-state index contributed by atoms with van der Waals surface area (Å²) in [6, 6.07) is 7.74. The van der Waals surface area contributed by atoms with Crippen LogP contribution in [0.3, 0.4) is 0 Å². The van der Waals surface area contributed by atoms with Crippen molar-refractivity contribution in [3.8, 4) is 11.4 Å². The van der Waals surface area contributed by atoms with E-state index in [0.29, 0.717) is 16.8 Å². The van der Waals surface area contributed by atoms with E-state index in [4.69, 9.17) is 16.1 Å². The summed E-state index contributed by atoms with van der Waals surface area (Å²) < 4.78 is 5.48. The van der Waals surface area contributed by atoms with Crippen LogP contribution in [0.4, 0.5) is 0 Å². The van der Waals surface area contributed by atoms with E-state index in [2.05, 4.69) is 15.5 Å². The van der Waals surface area contributed by atoms with Crippen LogP contribution in [-0.4, -0.2) is 16.7 Å². The molecule has 1 saturated carbocycles. The summed E-state index contributed by atoms with van der Waals surface area (Å²) in [4.78, 5) is 4.57. The average molecular weight is 290 g/mol. The highest BCUT2D eigenvalue weighted by Crippen LogP contribution is 2.44. The standard InChI is InChI=1S/C15H16ClN3O/c16-11-6-4-9(5-7-11)14-18-15(20-19-14)13-12-3-1-2-10(12)8-17-13/h4-7,10,12-13,17H,1-3,8H2. The van der Waals surface area contributed by atoms with Crippen molar-refractivity contribution in [2.45, 2.75) is 25.3 Å². The minimum Gasteiger partial charge on any atom is -0.337 e. The zero-order valence-electron chi connectivity index (χ0n) is 11.1. The van der Waals surface area contributed by atoms with Crippen molar-refractivity contribution in [2.75, 3.05) is 6.54 Å². The predicted octanol–water partition coefficient (Wildman–Crippen LogP) is 3.45. The highest BCUT2D eigenvalue weighted by atomic mass is 35.5. The lowest BCUT2D eigenvalue weighted by molar-refractivity contribution is 0.302. The topological polar surface area (TPSA) is 51.0 Å². The highest BCUT2D eigenvalue weighted by molar-refractivity contribution is 6.30. The van der Waals surface area contributed by atoms with E-state index in [-0.39, 0.29) is 6.04 Å². The first kappa shape index (κ1) is 12.4.